The summed E-state index contributed by atoms with van der Waals surface area (Å²) in [6.07, 6.45) is 4.00. The van der Waals surface area contributed by atoms with Crippen molar-refractivity contribution in [1.29, 1.82) is 0 Å². The smallest absolute Gasteiger partial charge is 0.260 e. The van der Waals surface area contributed by atoms with E-state index in [0.29, 0.717) is 5.92 Å². The van der Waals surface area contributed by atoms with E-state index in [9.17, 15) is 4.79 Å². The molecule has 0 saturated carbocycles. The molecule has 2 aliphatic rings. The van der Waals surface area contributed by atoms with E-state index < -0.39 is 0 Å². The second kappa shape index (κ2) is 8.87. The SMILES string of the molecule is CCOCC[C@H]1CCOC12CCN(C(=O)COc1ccc(C)cc1)CC2. The van der Waals surface area contributed by atoms with Crippen LogP contribution in [0.1, 0.15) is 38.2 Å². The molecule has 1 spiro atoms. The third-order valence-corrected chi connectivity index (χ3v) is 5.76. The van der Waals surface area contributed by atoms with Crippen LogP contribution in [0.15, 0.2) is 24.3 Å². The maximum absolute atomic E-state index is 12.5. The highest BCUT2D eigenvalue weighted by Gasteiger charge is 2.46. The Morgan fingerprint density at radius 3 is 2.69 bits per heavy atom. The fraction of sp³-hybridized carbons (Fsp3) is 0.667. The second-order valence-electron chi connectivity index (χ2n) is 7.37. The molecular weight excluding hydrogens is 330 g/mol. The Kier molecular flexibility index (Phi) is 6.54. The van der Waals surface area contributed by atoms with Crippen molar-refractivity contribution < 1.29 is 19.0 Å². The van der Waals surface area contributed by atoms with Crippen molar-refractivity contribution in [2.75, 3.05) is 39.5 Å². The van der Waals surface area contributed by atoms with Crippen molar-refractivity contribution in [2.24, 2.45) is 5.92 Å². The monoisotopic (exact) mass is 361 g/mol. The van der Waals surface area contributed by atoms with Crippen LogP contribution < -0.4 is 4.74 Å². The zero-order chi connectivity index (χ0) is 18.4. The molecule has 1 atom stereocenters. The van der Waals surface area contributed by atoms with Crippen LogP contribution in [-0.2, 0) is 14.3 Å². The molecule has 144 valence electrons. The summed E-state index contributed by atoms with van der Waals surface area (Å²) in [7, 11) is 0. The molecule has 3 rings (SSSR count). The van der Waals surface area contributed by atoms with Crippen LogP contribution in [0.5, 0.6) is 5.75 Å². The maximum atomic E-state index is 12.5. The average Bonchev–Trinajstić information content (AvgIpc) is 3.04. The van der Waals surface area contributed by atoms with Gasteiger partial charge in [0.1, 0.15) is 5.75 Å². The Balaban J connectivity index is 1.46. The molecule has 2 saturated heterocycles. The van der Waals surface area contributed by atoms with Gasteiger partial charge in [0.25, 0.3) is 5.91 Å². The Morgan fingerprint density at radius 2 is 2.00 bits per heavy atom. The summed E-state index contributed by atoms with van der Waals surface area (Å²) >= 11 is 0. The molecule has 26 heavy (non-hydrogen) atoms. The molecule has 5 heteroatoms. The molecule has 0 bridgehead atoms. The first-order chi connectivity index (χ1) is 12.6. The largest absolute Gasteiger partial charge is 0.484 e. The van der Waals surface area contributed by atoms with E-state index in [4.69, 9.17) is 14.2 Å². The van der Waals surface area contributed by atoms with Gasteiger partial charge in [0, 0.05) is 32.9 Å². The fourth-order valence-electron chi connectivity index (χ4n) is 4.12. The number of amides is 1. The first kappa shape index (κ1) is 19.2. The van der Waals surface area contributed by atoms with E-state index in [2.05, 4.69) is 0 Å². The molecule has 5 nitrogen and oxygen atoms in total. The van der Waals surface area contributed by atoms with Gasteiger partial charge in [0.15, 0.2) is 6.61 Å². The number of hydrogen-bond donors (Lipinski definition) is 0. The molecule has 0 N–H and O–H groups in total. The maximum Gasteiger partial charge on any atom is 0.260 e. The van der Waals surface area contributed by atoms with E-state index in [-0.39, 0.29) is 18.1 Å². The van der Waals surface area contributed by atoms with E-state index in [1.807, 2.05) is 43.0 Å². The standard InChI is InChI=1S/C21H31NO4/c1-3-24-14-8-18-9-15-26-21(18)10-12-22(13-11-21)20(23)16-25-19-6-4-17(2)5-7-19/h4-7,18H,3,8-16H2,1-2H3/t18-/m0/s1. The number of carbonyl (C=O) groups excluding carboxylic acids is 1. The number of benzene rings is 1. The van der Waals surface area contributed by atoms with Crippen molar-refractivity contribution in [3.05, 3.63) is 29.8 Å². The van der Waals surface area contributed by atoms with Gasteiger partial charge in [0.05, 0.1) is 5.60 Å². The van der Waals surface area contributed by atoms with Crippen LogP contribution in [0.3, 0.4) is 0 Å². The number of piperidine rings is 1. The van der Waals surface area contributed by atoms with E-state index >= 15 is 0 Å². The molecule has 2 aliphatic heterocycles. The number of nitrogens with zero attached hydrogens (tertiary/aromatic N) is 1. The summed E-state index contributed by atoms with van der Waals surface area (Å²) in [4.78, 5) is 14.4. The first-order valence-electron chi connectivity index (χ1n) is 9.82. The van der Waals surface area contributed by atoms with Crippen LogP contribution in [-0.4, -0.2) is 55.9 Å². The van der Waals surface area contributed by atoms with Gasteiger partial charge in [-0.05, 0) is 57.6 Å². The molecule has 2 fully saturated rings. The Labute approximate surface area is 156 Å². The van der Waals surface area contributed by atoms with Gasteiger partial charge in [-0.1, -0.05) is 17.7 Å². The summed E-state index contributed by atoms with van der Waals surface area (Å²) in [5, 5.41) is 0. The van der Waals surface area contributed by atoms with Crippen molar-refractivity contribution in [2.45, 2.75) is 45.1 Å². The molecular formula is C21H31NO4. The van der Waals surface area contributed by atoms with Crippen LogP contribution in [0, 0.1) is 12.8 Å². The minimum absolute atomic E-state index is 0.0499. The van der Waals surface area contributed by atoms with Gasteiger partial charge < -0.3 is 19.1 Å². The van der Waals surface area contributed by atoms with Gasteiger partial charge in [-0.25, -0.2) is 0 Å². The van der Waals surface area contributed by atoms with Crippen molar-refractivity contribution in [3.8, 4) is 5.75 Å². The van der Waals surface area contributed by atoms with E-state index in [1.165, 1.54) is 5.56 Å². The molecule has 0 aliphatic carbocycles. The average molecular weight is 361 g/mol. The molecule has 2 heterocycles. The highest BCUT2D eigenvalue weighted by Crippen LogP contribution is 2.42. The predicted molar refractivity (Wildman–Crippen MR) is 100 cm³/mol. The van der Waals surface area contributed by atoms with Crippen LogP contribution in [0.25, 0.3) is 0 Å². The quantitative estimate of drug-likeness (QED) is 0.700. The molecule has 0 unspecified atom stereocenters. The van der Waals surface area contributed by atoms with Gasteiger partial charge in [-0.15, -0.1) is 0 Å². The topological polar surface area (TPSA) is 48.0 Å². The van der Waals surface area contributed by atoms with Crippen LogP contribution >= 0.6 is 0 Å². The Hall–Kier alpha value is -1.59. The lowest BCUT2D eigenvalue weighted by Crippen LogP contribution is -2.50. The van der Waals surface area contributed by atoms with Crippen LogP contribution in [0.2, 0.25) is 0 Å². The Bertz CT molecular complexity index is 578. The van der Waals surface area contributed by atoms with Crippen molar-refractivity contribution >= 4 is 5.91 Å². The zero-order valence-electron chi connectivity index (χ0n) is 16.0. The number of aryl methyl sites for hydroxylation is 1. The molecule has 1 amide bonds. The van der Waals surface area contributed by atoms with E-state index in [0.717, 1.165) is 64.3 Å². The minimum Gasteiger partial charge on any atom is -0.484 e. The van der Waals surface area contributed by atoms with Crippen LogP contribution in [0.4, 0.5) is 0 Å². The normalized spacial score (nSPS) is 21.9. The molecule has 0 radical (unpaired) electrons. The second-order valence-corrected chi connectivity index (χ2v) is 7.37. The van der Waals surface area contributed by atoms with Gasteiger partial charge in [-0.2, -0.15) is 0 Å². The third-order valence-electron chi connectivity index (χ3n) is 5.76. The van der Waals surface area contributed by atoms with Crippen molar-refractivity contribution in [3.63, 3.8) is 0 Å². The summed E-state index contributed by atoms with van der Waals surface area (Å²) in [6, 6.07) is 7.79. The highest BCUT2D eigenvalue weighted by molar-refractivity contribution is 5.77. The predicted octanol–water partition coefficient (Wildman–Crippen LogP) is 3.20. The highest BCUT2D eigenvalue weighted by atomic mass is 16.5. The summed E-state index contributed by atoms with van der Waals surface area (Å²) in [5.74, 6) is 1.35. The number of ether oxygens (including phenoxy) is 3. The molecule has 1 aromatic carbocycles. The van der Waals surface area contributed by atoms with Gasteiger partial charge in [0.2, 0.25) is 0 Å². The summed E-state index contributed by atoms with van der Waals surface area (Å²) in [6.45, 7) is 8.08. The fourth-order valence-corrected chi connectivity index (χ4v) is 4.12. The van der Waals surface area contributed by atoms with Gasteiger partial charge in [-0.3, -0.25) is 4.79 Å². The lowest BCUT2D eigenvalue weighted by atomic mass is 9.78. The number of likely N-dealkylation sites (tertiary alicyclic amines) is 1. The molecule has 0 aromatic heterocycles. The van der Waals surface area contributed by atoms with E-state index in [1.54, 1.807) is 0 Å². The lowest BCUT2D eigenvalue weighted by Gasteiger charge is -2.42. The first-order valence-corrected chi connectivity index (χ1v) is 9.82. The molecule has 1 aromatic rings. The van der Waals surface area contributed by atoms with Gasteiger partial charge >= 0.3 is 0 Å². The minimum atomic E-state index is -0.0499. The number of hydrogen-bond acceptors (Lipinski definition) is 4. The number of carbonyl (C=O) groups is 1. The van der Waals surface area contributed by atoms with Crippen molar-refractivity contribution in [1.82, 2.24) is 4.90 Å². The summed E-state index contributed by atoms with van der Waals surface area (Å²) < 4.78 is 17.3. The summed E-state index contributed by atoms with van der Waals surface area (Å²) in [5.41, 5.74) is 1.13. The number of rotatable bonds is 7. The zero-order valence-corrected chi connectivity index (χ0v) is 16.0. The third kappa shape index (κ3) is 4.57. The Morgan fingerprint density at radius 1 is 1.27 bits per heavy atom. The lowest BCUT2D eigenvalue weighted by molar-refractivity contribution is -0.139.